The second-order valence-corrected chi connectivity index (χ2v) is 5.26. The van der Waals surface area contributed by atoms with Gasteiger partial charge in [-0.15, -0.1) is 0 Å². The van der Waals surface area contributed by atoms with Gasteiger partial charge in [-0.2, -0.15) is 11.8 Å². The van der Waals surface area contributed by atoms with E-state index in [0.29, 0.717) is 0 Å². The minimum absolute atomic E-state index is 0.118. The van der Waals surface area contributed by atoms with Gasteiger partial charge >= 0.3 is 0 Å². The molecular formula is C13H22N2S. The Kier molecular flexibility index (Phi) is 5.88. The molecular weight excluding hydrogens is 216 g/mol. The summed E-state index contributed by atoms with van der Waals surface area (Å²) in [7, 11) is 2.13. The van der Waals surface area contributed by atoms with Gasteiger partial charge in [0.15, 0.2) is 0 Å². The predicted octanol–water partition coefficient (Wildman–Crippen LogP) is 2.29. The third-order valence-corrected chi connectivity index (χ3v) is 3.28. The van der Waals surface area contributed by atoms with Crippen molar-refractivity contribution in [2.45, 2.75) is 13.0 Å². The molecule has 0 radical (unpaired) electrons. The quantitative estimate of drug-likeness (QED) is 0.824. The van der Waals surface area contributed by atoms with Crippen molar-refractivity contribution < 1.29 is 0 Å². The van der Waals surface area contributed by atoms with E-state index in [9.17, 15) is 0 Å². The number of nitrogens with two attached hydrogens (primary N) is 1. The van der Waals surface area contributed by atoms with Gasteiger partial charge in [0.05, 0.1) is 0 Å². The minimum atomic E-state index is 0.118. The maximum absolute atomic E-state index is 6.17. The van der Waals surface area contributed by atoms with E-state index in [0.717, 1.165) is 18.8 Å². The number of rotatable bonds is 6. The van der Waals surface area contributed by atoms with E-state index in [4.69, 9.17) is 5.73 Å². The van der Waals surface area contributed by atoms with Crippen molar-refractivity contribution in [3.05, 3.63) is 35.4 Å². The highest BCUT2D eigenvalue weighted by Crippen LogP contribution is 2.12. The Morgan fingerprint density at radius 1 is 1.31 bits per heavy atom. The number of likely N-dealkylation sites (N-methyl/N-ethyl adjacent to an activating group) is 1. The van der Waals surface area contributed by atoms with E-state index < -0.39 is 0 Å². The van der Waals surface area contributed by atoms with Crippen LogP contribution < -0.4 is 5.73 Å². The molecule has 0 heterocycles. The molecule has 0 aliphatic carbocycles. The van der Waals surface area contributed by atoms with Crippen LogP contribution in [0, 0.1) is 6.92 Å². The molecule has 0 saturated heterocycles. The van der Waals surface area contributed by atoms with E-state index in [2.05, 4.69) is 49.4 Å². The van der Waals surface area contributed by atoms with Crippen LogP contribution in [0.1, 0.15) is 17.2 Å². The molecule has 0 aromatic heterocycles. The number of aryl methyl sites for hydroxylation is 1. The summed E-state index contributed by atoms with van der Waals surface area (Å²) in [4.78, 5) is 2.29. The Morgan fingerprint density at radius 2 is 1.94 bits per heavy atom. The maximum atomic E-state index is 6.17. The smallest absolute Gasteiger partial charge is 0.0424 e. The lowest BCUT2D eigenvalue weighted by atomic mass is 10.1. The Morgan fingerprint density at radius 3 is 2.50 bits per heavy atom. The molecule has 0 saturated carbocycles. The van der Waals surface area contributed by atoms with E-state index >= 15 is 0 Å². The normalized spacial score (nSPS) is 13.1. The monoisotopic (exact) mass is 238 g/mol. The fourth-order valence-electron chi connectivity index (χ4n) is 1.59. The summed E-state index contributed by atoms with van der Waals surface area (Å²) in [5.41, 5.74) is 8.68. The van der Waals surface area contributed by atoms with Crippen LogP contribution in [0.3, 0.4) is 0 Å². The molecule has 0 fully saturated rings. The lowest BCUT2D eigenvalue weighted by molar-refractivity contribution is 0.331. The summed E-state index contributed by atoms with van der Waals surface area (Å²) in [6.45, 7) is 4.12. The topological polar surface area (TPSA) is 29.3 Å². The van der Waals surface area contributed by atoms with Gasteiger partial charge in [-0.1, -0.05) is 29.8 Å². The fraction of sp³-hybridized carbons (Fsp3) is 0.538. The second kappa shape index (κ2) is 6.94. The van der Waals surface area contributed by atoms with Gasteiger partial charge in [0.1, 0.15) is 0 Å². The van der Waals surface area contributed by atoms with Crippen LogP contribution in [0.4, 0.5) is 0 Å². The first-order valence-electron chi connectivity index (χ1n) is 5.63. The standard InChI is InChI=1S/C13H22N2S/c1-11-4-6-12(7-5-11)13(14)10-15(2)8-9-16-3/h4-7,13H,8-10,14H2,1-3H3. The molecule has 1 atom stereocenters. The highest BCUT2D eigenvalue weighted by atomic mass is 32.2. The fourth-order valence-corrected chi connectivity index (χ4v) is 2.09. The first-order chi connectivity index (χ1) is 7.63. The Hall–Kier alpha value is -0.510. The molecule has 3 heteroatoms. The summed E-state index contributed by atoms with van der Waals surface area (Å²) in [6, 6.07) is 8.62. The third-order valence-electron chi connectivity index (χ3n) is 2.69. The van der Waals surface area contributed by atoms with Gasteiger partial charge in [-0.25, -0.2) is 0 Å². The van der Waals surface area contributed by atoms with E-state index in [1.807, 2.05) is 11.8 Å². The van der Waals surface area contributed by atoms with Crippen molar-refractivity contribution >= 4 is 11.8 Å². The number of benzene rings is 1. The summed E-state index contributed by atoms with van der Waals surface area (Å²) in [5.74, 6) is 1.16. The average molecular weight is 238 g/mol. The zero-order valence-electron chi connectivity index (χ0n) is 10.4. The van der Waals surface area contributed by atoms with Crippen LogP contribution in [-0.4, -0.2) is 37.0 Å². The van der Waals surface area contributed by atoms with Crippen molar-refractivity contribution in [1.82, 2.24) is 4.90 Å². The van der Waals surface area contributed by atoms with Gasteiger partial charge in [0.25, 0.3) is 0 Å². The van der Waals surface area contributed by atoms with Crippen LogP contribution in [0.5, 0.6) is 0 Å². The second-order valence-electron chi connectivity index (χ2n) is 4.27. The van der Waals surface area contributed by atoms with E-state index in [-0.39, 0.29) is 6.04 Å². The zero-order chi connectivity index (χ0) is 12.0. The van der Waals surface area contributed by atoms with Crippen molar-refractivity contribution in [3.8, 4) is 0 Å². The van der Waals surface area contributed by atoms with Crippen molar-refractivity contribution in [2.75, 3.05) is 32.1 Å². The van der Waals surface area contributed by atoms with Gasteiger partial charge in [0, 0.05) is 24.9 Å². The first kappa shape index (κ1) is 13.6. The Labute approximate surface area is 103 Å². The van der Waals surface area contributed by atoms with Crippen LogP contribution >= 0.6 is 11.8 Å². The van der Waals surface area contributed by atoms with Crippen LogP contribution in [0.2, 0.25) is 0 Å². The van der Waals surface area contributed by atoms with Gasteiger partial charge in [-0.3, -0.25) is 0 Å². The summed E-state index contributed by atoms with van der Waals surface area (Å²) < 4.78 is 0. The number of nitrogens with zero attached hydrogens (tertiary/aromatic N) is 1. The van der Waals surface area contributed by atoms with Crippen LogP contribution in [0.15, 0.2) is 24.3 Å². The van der Waals surface area contributed by atoms with Crippen LogP contribution in [0.25, 0.3) is 0 Å². The minimum Gasteiger partial charge on any atom is -0.323 e. The molecule has 16 heavy (non-hydrogen) atoms. The highest BCUT2D eigenvalue weighted by molar-refractivity contribution is 7.98. The Bertz CT molecular complexity index is 297. The largest absolute Gasteiger partial charge is 0.323 e. The van der Waals surface area contributed by atoms with E-state index in [1.54, 1.807) is 0 Å². The van der Waals surface area contributed by atoms with Gasteiger partial charge in [-0.05, 0) is 25.8 Å². The summed E-state index contributed by atoms with van der Waals surface area (Å²) >= 11 is 1.87. The molecule has 0 amide bonds. The van der Waals surface area contributed by atoms with Crippen molar-refractivity contribution in [1.29, 1.82) is 0 Å². The maximum Gasteiger partial charge on any atom is 0.0424 e. The molecule has 0 spiro atoms. The van der Waals surface area contributed by atoms with Crippen molar-refractivity contribution in [2.24, 2.45) is 5.73 Å². The zero-order valence-corrected chi connectivity index (χ0v) is 11.3. The Balaban J connectivity index is 2.45. The molecule has 1 aromatic carbocycles. The lowest BCUT2D eigenvalue weighted by Crippen LogP contribution is -2.30. The van der Waals surface area contributed by atoms with Crippen molar-refractivity contribution in [3.63, 3.8) is 0 Å². The number of thioether (sulfide) groups is 1. The van der Waals surface area contributed by atoms with Gasteiger partial charge < -0.3 is 10.6 Å². The number of hydrogen-bond donors (Lipinski definition) is 1. The third kappa shape index (κ3) is 4.56. The molecule has 90 valence electrons. The molecule has 0 aliphatic rings. The first-order valence-corrected chi connectivity index (χ1v) is 7.02. The highest BCUT2D eigenvalue weighted by Gasteiger charge is 2.08. The predicted molar refractivity (Wildman–Crippen MR) is 74.0 cm³/mol. The molecule has 1 aromatic rings. The van der Waals surface area contributed by atoms with Gasteiger partial charge in [0.2, 0.25) is 0 Å². The molecule has 1 rings (SSSR count). The molecule has 1 unspecified atom stereocenters. The summed E-state index contributed by atoms with van der Waals surface area (Å²) in [6.07, 6.45) is 2.13. The number of hydrogen-bond acceptors (Lipinski definition) is 3. The molecule has 0 bridgehead atoms. The average Bonchev–Trinajstić information content (AvgIpc) is 2.27. The SMILES string of the molecule is CSCCN(C)CC(N)c1ccc(C)cc1. The van der Waals surface area contributed by atoms with Crippen LogP contribution in [-0.2, 0) is 0 Å². The molecule has 2 nitrogen and oxygen atoms in total. The molecule has 2 N–H and O–H groups in total. The molecule has 0 aliphatic heterocycles. The van der Waals surface area contributed by atoms with E-state index in [1.165, 1.54) is 11.1 Å². The summed E-state index contributed by atoms with van der Waals surface area (Å²) in [5, 5.41) is 0. The lowest BCUT2D eigenvalue weighted by Gasteiger charge is -2.21.